The fourth-order valence-electron chi connectivity index (χ4n) is 2.10. The SMILES string of the molecule is CN(C)C(CNC(=O)COC1(C)CNC1)c1cccs1. The zero-order valence-corrected chi connectivity index (χ0v) is 13.1. The number of nitrogens with zero attached hydrogens (tertiary/aromatic N) is 1. The summed E-state index contributed by atoms with van der Waals surface area (Å²) in [7, 11) is 4.04. The van der Waals surface area contributed by atoms with E-state index in [-0.39, 0.29) is 24.2 Å². The van der Waals surface area contributed by atoms with Crippen LogP contribution in [0.15, 0.2) is 17.5 Å². The summed E-state index contributed by atoms with van der Waals surface area (Å²) < 4.78 is 5.63. The lowest BCUT2D eigenvalue weighted by molar-refractivity contribution is -0.136. The maximum absolute atomic E-state index is 11.9. The van der Waals surface area contributed by atoms with E-state index in [9.17, 15) is 4.79 Å². The van der Waals surface area contributed by atoms with Gasteiger partial charge in [-0.25, -0.2) is 0 Å². The van der Waals surface area contributed by atoms with Crippen molar-refractivity contribution in [2.24, 2.45) is 0 Å². The molecule has 1 aliphatic heterocycles. The summed E-state index contributed by atoms with van der Waals surface area (Å²) in [5.74, 6) is -0.0541. The molecule has 1 unspecified atom stereocenters. The smallest absolute Gasteiger partial charge is 0.246 e. The molecule has 1 fully saturated rings. The van der Waals surface area contributed by atoms with Crippen molar-refractivity contribution in [1.82, 2.24) is 15.5 Å². The normalized spacial score (nSPS) is 18.6. The van der Waals surface area contributed by atoms with E-state index in [1.165, 1.54) is 4.88 Å². The molecular formula is C14H23N3O2S. The lowest BCUT2D eigenvalue weighted by Gasteiger charge is -2.38. The van der Waals surface area contributed by atoms with Gasteiger partial charge in [0, 0.05) is 24.5 Å². The highest BCUT2D eigenvalue weighted by molar-refractivity contribution is 7.10. The van der Waals surface area contributed by atoms with Crippen molar-refractivity contribution >= 4 is 17.2 Å². The molecule has 0 bridgehead atoms. The van der Waals surface area contributed by atoms with Crippen LogP contribution < -0.4 is 10.6 Å². The van der Waals surface area contributed by atoms with Crippen LogP contribution in [0, 0.1) is 0 Å². The van der Waals surface area contributed by atoms with E-state index in [4.69, 9.17) is 4.74 Å². The molecule has 2 N–H and O–H groups in total. The molecular weight excluding hydrogens is 274 g/mol. The van der Waals surface area contributed by atoms with E-state index in [1.54, 1.807) is 11.3 Å². The van der Waals surface area contributed by atoms with Gasteiger partial charge in [0.1, 0.15) is 6.61 Å². The van der Waals surface area contributed by atoms with Gasteiger partial charge in [0.05, 0.1) is 11.6 Å². The van der Waals surface area contributed by atoms with Gasteiger partial charge in [0.2, 0.25) is 5.91 Å². The summed E-state index contributed by atoms with van der Waals surface area (Å²) in [6, 6.07) is 4.34. The fraction of sp³-hybridized carbons (Fsp3) is 0.643. The van der Waals surface area contributed by atoms with Gasteiger partial charge in [-0.15, -0.1) is 11.3 Å². The minimum Gasteiger partial charge on any atom is -0.363 e. The Bertz CT molecular complexity index is 430. The van der Waals surface area contributed by atoms with Crippen LogP contribution in [0.5, 0.6) is 0 Å². The second kappa shape index (κ2) is 6.67. The van der Waals surface area contributed by atoms with Gasteiger partial charge in [-0.3, -0.25) is 4.79 Å². The molecule has 1 amide bonds. The Morgan fingerprint density at radius 2 is 2.35 bits per heavy atom. The molecule has 1 aliphatic rings. The average molecular weight is 297 g/mol. The van der Waals surface area contributed by atoms with E-state index in [0.717, 1.165) is 13.1 Å². The predicted octanol–water partition coefficient (Wildman–Crippen LogP) is 0.846. The minimum absolute atomic E-state index is 0.0541. The number of likely N-dealkylation sites (N-methyl/N-ethyl adjacent to an activating group) is 1. The number of carbonyl (C=O) groups is 1. The molecule has 2 heterocycles. The van der Waals surface area contributed by atoms with Crippen molar-refractivity contribution in [1.29, 1.82) is 0 Å². The standard InChI is InChI=1S/C14H23N3O2S/c1-14(9-15-10-14)19-8-13(18)16-7-11(17(2)3)12-5-4-6-20-12/h4-6,11,15H,7-10H2,1-3H3,(H,16,18). The van der Waals surface area contributed by atoms with E-state index in [2.05, 4.69) is 27.0 Å². The molecule has 0 aromatic carbocycles. The van der Waals surface area contributed by atoms with Gasteiger partial charge in [0.25, 0.3) is 0 Å². The molecule has 5 nitrogen and oxygen atoms in total. The molecule has 0 spiro atoms. The first kappa shape index (κ1) is 15.4. The number of hydrogen-bond donors (Lipinski definition) is 2. The number of thiophene rings is 1. The third-order valence-corrected chi connectivity index (χ3v) is 4.51. The molecule has 112 valence electrons. The first-order valence-corrected chi connectivity index (χ1v) is 7.69. The molecule has 2 rings (SSSR count). The Morgan fingerprint density at radius 1 is 1.60 bits per heavy atom. The molecule has 20 heavy (non-hydrogen) atoms. The summed E-state index contributed by atoms with van der Waals surface area (Å²) in [5, 5.41) is 8.16. The largest absolute Gasteiger partial charge is 0.363 e. The molecule has 1 aromatic rings. The van der Waals surface area contributed by atoms with Crippen molar-refractivity contribution in [3.05, 3.63) is 22.4 Å². The predicted molar refractivity (Wildman–Crippen MR) is 81.0 cm³/mol. The maximum atomic E-state index is 11.9. The van der Waals surface area contributed by atoms with Gasteiger partial charge in [-0.05, 0) is 32.5 Å². The van der Waals surface area contributed by atoms with Crippen molar-refractivity contribution in [2.45, 2.75) is 18.6 Å². The number of amides is 1. The highest BCUT2D eigenvalue weighted by Crippen LogP contribution is 2.22. The molecule has 1 aromatic heterocycles. The van der Waals surface area contributed by atoms with Crippen LogP contribution in [0.4, 0.5) is 0 Å². The summed E-state index contributed by atoms with van der Waals surface area (Å²) in [6.45, 7) is 4.38. The molecule has 1 atom stereocenters. The first-order valence-electron chi connectivity index (χ1n) is 6.81. The minimum atomic E-state index is -0.175. The van der Waals surface area contributed by atoms with Crippen LogP contribution in [0.2, 0.25) is 0 Å². The van der Waals surface area contributed by atoms with E-state index < -0.39 is 0 Å². The van der Waals surface area contributed by atoms with E-state index in [0.29, 0.717) is 6.54 Å². The Morgan fingerprint density at radius 3 is 2.85 bits per heavy atom. The second-order valence-corrected chi connectivity index (χ2v) is 6.62. The summed E-state index contributed by atoms with van der Waals surface area (Å²) in [5.41, 5.74) is -0.175. The van der Waals surface area contributed by atoms with Gasteiger partial charge >= 0.3 is 0 Å². The quantitative estimate of drug-likeness (QED) is 0.783. The topological polar surface area (TPSA) is 53.6 Å². The van der Waals surface area contributed by atoms with Crippen LogP contribution in [-0.4, -0.2) is 56.7 Å². The van der Waals surface area contributed by atoms with Gasteiger partial charge in [-0.1, -0.05) is 6.07 Å². The van der Waals surface area contributed by atoms with E-state index >= 15 is 0 Å². The van der Waals surface area contributed by atoms with Crippen molar-refractivity contribution < 1.29 is 9.53 Å². The number of hydrogen-bond acceptors (Lipinski definition) is 5. The van der Waals surface area contributed by atoms with Gasteiger partial charge in [0.15, 0.2) is 0 Å². The average Bonchev–Trinajstić information content (AvgIpc) is 2.87. The zero-order chi connectivity index (χ0) is 14.6. The highest BCUT2D eigenvalue weighted by Gasteiger charge is 2.33. The molecule has 1 saturated heterocycles. The molecule has 0 aliphatic carbocycles. The number of ether oxygens (including phenoxy) is 1. The maximum Gasteiger partial charge on any atom is 0.246 e. The Balaban J connectivity index is 1.76. The number of nitrogens with one attached hydrogen (secondary N) is 2. The molecule has 0 radical (unpaired) electrons. The van der Waals surface area contributed by atoms with Gasteiger partial charge in [-0.2, -0.15) is 0 Å². The van der Waals surface area contributed by atoms with Crippen LogP contribution in [-0.2, 0) is 9.53 Å². The summed E-state index contributed by atoms with van der Waals surface area (Å²) in [6.07, 6.45) is 0. The number of rotatable bonds is 7. The molecule has 0 saturated carbocycles. The highest BCUT2D eigenvalue weighted by atomic mass is 32.1. The van der Waals surface area contributed by atoms with Crippen molar-refractivity contribution in [3.8, 4) is 0 Å². The third-order valence-electron chi connectivity index (χ3n) is 3.54. The summed E-state index contributed by atoms with van der Waals surface area (Å²) >= 11 is 1.71. The molecule has 6 heteroatoms. The van der Waals surface area contributed by atoms with Crippen molar-refractivity contribution in [2.75, 3.05) is 40.3 Å². The number of carbonyl (C=O) groups excluding carboxylic acids is 1. The monoisotopic (exact) mass is 297 g/mol. The van der Waals surface area contributed by atoms with E-state index in [1.807, 2.05) is 27.1 Å². The van der Waals surface area contributed by atoms with Crippen molar-refractivity contribution in [3.63, 3.8) is 0 Å². The second-order valence-electron chi connectivity index (χ2n) is 5.64. The Hall–Kier alpha value is -0.950. The Labute approximate surface area is 124 Å². The third kappa shape index (κ3) is 4.02. The van der Waals surface area contributed by atoms with Gasteiger partial charge < -0.3 is 20.3 Å². The van der Waals surface area contributed by atoms with Crippen LogP contribution in [0.3, 0.4) is 0 Å². The van der Waals surface area contributed by atoms with Crippen LogP contribution in [0.25, 0.3) is 0 Å². The lowest BCUT2D eigenvalue weighted by atomic mass is 10.0. The van der Waals surface area contributed by atoms with Crippen LogP contribution in [0.1, 0.15) is 17.8 Å². The first-order chi connectivity index (χ1) is 9.50. The lowest BCUT2D eigenvalue weighted by Crippen LogP contribution is -2.59. The zero-order valence-electron chi connectivity index (χ0n) is 12.3. The summed E-state index contributed by atoms with van der Waals surface area (Å²) in [4.78, 5) is 15.2. The van der Waals surface area contributed by atoms with Crippen LogP contribution >= 0.6 is 11.3 Å². The fourth-order valence-corrected chi connectivity index (χ4v) is 3.02. The Kier molecular flexibility index (Phi) is 5.15.